The average Bonchev–Trinajstić information content (AvgIpc) is 3.54. The number of amides is 3. The van der Waals surface area contributed by atoms with Gasteiger partial charge in [-0.1, -0.05) is 66.7 Å². The van der Waals surface area contributed by atoms with Gasteiger partial charge in [0.05, 0.1) is 18.5 Å². The van der Waals surface area contributed by atoms with Crippen LogP contribution in [-0.2, 0) is 32.3 Å². The van der Waals surface area contributed by atoms with Crippen LogP contribution in [0.2, 0.25) is 0 Å². The minimum Gasteiger partial charge on any atom is -0.351 e. The van der Waals surface area contributed by atoms with Gasteiger partial charge in [-0.25, -0.2) is 0 Å². The van der Waals surface area contributed by atoms with Gasteiger partial charge in [-0.15, -0.1) is 11.3 Å². The molecule has 2 aliphatic heterocycles. The lowest BCUT2D eigenvalue weighted by atomic mass is 9.95. The molecule has 1 aromatic heterocycles. The number of benzene rings is 2. The van der Waals surface area contributed by atoms with Crippen LogP contribution >= 0.6 is 11.3 Å². The molecule has 168 valence electrons. The predicted molar refractivity (Wildman–Crippen MR) is 122 cm³/mol. The first kappa shape index (κ1) is 21.5. The number of nitrogens with one attached hydrogen (secondary N) is 1. The molecule has 2 fully saturated rings. The van der Waals surface area contributed by atoms with Crippen LogP contribution in [0.5, 0.6) is 0 Å². The number of likely N-dealkylation sites (tertiary alicyclic amines) is 1. The molecule has 3 atom stereocenters. The maximum atomic E-state index is 13.4. The fraction of sp³-hybridized carbons (Fsp3) is 0.240. The quantitative estimate of drug-likeness (QED) is 0.548. The zero-order chi connectivity index (χ0) is 22.8. The lowest BCUT2D eigenvalue weighted by molar-refractivity contribution is -0.182. The van der Waals surface area contributed by atoms with Crippen LogP contribution in [0, 0.1) is 5.92 Å². The van der Waals surface area contributed by atoms with Crippen molar-refractivity contribution in [3.05, 3.63) is 94.2 Å². The Hall–Kier alpha value is -3.33. The molecule has 2 aliphatic rings. The summed E-state index contributed by atoms with van der Waals surface area (Å²) in [5, 5.41) is 6.30. The molecule has 0 aliphatic carbocycles. The molecule has 1 N–H and O–H groups in total. The number of hydrogen-bond acceptors (Lipinski definition) is 6. The lowest BCUT2D eigenvalue weighted by Gasteiger charge is -2.25. The minimum atomic E-state index is -0.921. The topological polar surface area (TPSA) is 79.0 Å². The predicted octanol–water partition coefficient (Wildman–Crippen LogP) is 2.91. The summed E-state index contributed by atoms with van der Waals surface area (Å²) >= 11 is 1.48. The van der Waals surface area contributed by atoms with E-state index in [-0.39, 0.29) is 30.8 Å². The van der Waals surface area contributed by atoms with Gasteiger partial charge in [0.25, 0.3) is 5.91 Å². The van der Waals surface area contributed by atoms with Crippen molar-refractivity contribution in [1.29, 1.82) is 0 Å². The molecular formula is C25H23N3O4S. The maximum Gasteiger partial charge on any atom is 0.261 e. The third-order valence-electron chi connectivity index (χ3n) is 5.94. The Kier molecular flexibility index (Phi) is 6.04. The fourth-order valence-corrected chi connectivity index (χ4v) is 5.23. The molecule has 0 spiro atoms. The van der Waals surface area contributed by atoms with E-state index >= 15 is 0 Å². The smallest absolute Gasteiger partial charge is 0.261 e. The van der Waals surface area contributed by atoms with E-state index in [0.717, 1.165) is 16.0 Å². The highest BCUT2D eigenvalue weighted by molar-refractivity contribution is 7.10. The molecule has 3 amide bonds. The Morgan fingerprint density at radius 2 is 1.61 bits per heavy atom. The number of rotatable bonds is 7. The summed E-state index contributed by atoms with van der Waals surface area (Å²) < 4.78 is 0. The van der Waals surface area contributed by atoms with E-state index in [4.69, 9.17) is 4.84 Å². The number of fused-ring (bicyclic) bond motifs is 1. The highest BCUT2D eigenvalue weighted by Gasteiger charge is 2.59. The van der Waals surface area contributed by atoms with E-state index in [1.165, 1.54) is 21.3 Å². The van der Waals surface area contributed by atoms with Crippen molar-refractivity contribution in [3.8, 4) is 0 Å². The van der Waals surface area contributed by atoms with E-state index < -0.39 is 18.1 Å². The Morgan fingerprint density at radius 3 is 2.27 bits per heavy atom. The van der Waals surface area contributed by atoms with E-state index in [1.54, 1.807) is 0 Å². The number of carbonyl (C=O) groups is 3. The molecule has 7 nitrogen and oxygen atoms in total. The monoisotopic (exact) mass is 461 g/mol. The highest BCUT2D eigenvalue weighted by Crippen LogP contribution is 2.45. The number of carbonyl (C=O) groups excluding carboxylic acids is 3. The van der Waals surface area contributed by atoms with Gasteiger partial charge in [-0.3, -0.25) is 24.1 Å². The Bertz CT molecular complexity index is 1140. The van der Waals surface area contributed by atoms with Crippen molar-refractivity contribution in [3.63, 3.8) is 0 Å². The fourth-order valence-electron chi connectivity index (χ4n) is 4.36. The van der Waals surface area contributed by atoms with Crippen molar-refractivity contribution in [2.24, 2.45) is 5.92 Å². The van der Waals surface area contributed by atoms with E-state index in [1.807, 2.05) is 78.2 Å². The number of nitrogens with zero attached hydrogens (tertiary/aromatic N) is 2. The summed E-state index contributed by atoms with van der Waals surface area (Å²) in [4.78, 5) is 47.3. The van der Waals surface area contributed by atoms with Crippen molar-refractivity contribution in [2.75, 3.05) is 6.54 Å². The SMILES string of the molecule is O=C(CN1OC2C(=O)N(Cc3ccccc3)C(=O)C2C1c1cccs1)NCc1ccccc1. The molecule has 5 rings (SSSR count). The van der Waals surface area contributed by atoms with Gasteiger partial charge in [-0.2, -0.15) is 5.06 Å². The average molecular weight is 462 g/mol. The molecule has 0 bridgehead atoms. The van der Waals surface area contributed by atoms with Crippen molar-refractivity contribution in [2.45, 2.75) is 25.2 Å². The van der Waals surface area contributed by atoms with E-state index in [9.17, 15) is 14.4 Å². The van der Waals surface area contributed by atoms with Gasteiger partial charge in [0.1, 0.15) is 6.54 Å². The van der Waals surface area contributed by atoms with Crippen LogP contribution < -0.4 is 5.32 Å². The second-order valence-electron chi connectivity index (χ2n) is 8.10. The third-order valence-corrected chi connectivity index (χ3v) is 6.88. The molecule has 3 unspecified atom stereocenters. The van der Waals surface area contributed by atoms with Crippen LogP contribution in [0.25, 0.3) is 0 Å². The van der Waals surface area contributed by atoms with Crippen molar-refractivity contribution in [1.82, 2.24) is 15.3 Å². The van der Waals surface area contributed by atoms with Gasteiger partial charge in [0, 0.05) is 11.4 Å². The van der Waals surface area contributed by atoms with Crippen LogP contribution in [-0.4, -0.2) is 40.3 Å². The van der Waals surface area contributed by atoms with Gasteiger partial charge in [0.15, 0.2) is 6.10 Å². The molecular weight excluding hydrogens is 438 g/mol. The molecule has 0 radical (unpaired) electrons. The maximum absolute atomic E-state index is 13.4. The largest absolute Gasteiger partial charge is 0.351 e. The summed E-state index contributed by atoms with van der Waals surface area (Å²) in [7, 11) is 0. The molecule has 33 heavy (non-hydrogen) atoms. The summed E-state index contributed by atoms with van der Waals surface area (Å²) in [5.74, 6) is -1.54. The molecule has 3 aromatic rings. The van der Waals surface area contributed by atoms with Crippen LogP contribution in [0.3, 0.4) is 0 Å². The Morgan fingerprint density at radius 1 is 0.909 bits per heavy atom. The summed E-state index contributed by atoms with van der Waals surface area (Å²) in [6, 6.07) is 22.3. The summed E-state index contributed by atoms with van der Waals surface area (Å²) in [5.41, 5.74) is 1.87. The molecule has 0 saturated carbocycles. The zero-order valence-electron chi connectivity index (χ0n) is 17.8. The number of imide groups is 1. The minimum absolute atomic E-state index is 0.0678. The van der Waals surface area contributed by atoms with Crippen molar-refractivity contribution < 1.29 is 19.2 Å². The van der Waals surface area contributed by atoms with Gasteiger partial charge in [-0.05, 0) is 22.6 Å². The Balaban J connectivity index is 1.32. The highest BCUT2D eigenvalue weighted by atomic mass is 32.1. The van der Waals surface area contributed by atoms with E-state index in [0.29, 0.717) is 6.54 Å². The second kappa shape index (κ2) is 9.27. The molecule has 2 saturated heterocycles. The van der Waals surface area contributed by atoms with Crippen LogP contribution in [0.1, 0.15) is 22.0 Å². The number of hydrogen-bond donors (Lipinski definition) is 1. The first-order valence-electron chi connectivity index (χ1n) is 10.8. The third kappa shape index (κ3) is 4.32. The zero-order valence-corrected chi connectivity index (χ0v) is 18.6. The first-order chi connectivity index (χ1) is 16.1. The molecule has 8 heteroatoms. The van der Waals surface area contributed by atoms with Gasteiger partial charge >= 0.3 is 0 Å². The van der Waals surface area contributed by atoms with Gasteiger partial charge < -0.3 is 5.32 Å². The molecule has 3 heterocycles. The summed E-state index contributed by atoms with van der Waals surface area (Å²) in [6.45, 7) is 0.540. The summed E-state index contributed by atoms with van der Waals surface area (Å²) in [6.07, 6.45) is -0.921. The Labute approximate surface area is 195 Å². The van der Waals surface area contributed by atoms with Crippen LogP contribution in [0.4, 0.5) is 0 Å². The lowest BCUT2D eigenvalue weighted by Crippen LogP contribution is -2.40. The second-order valence-corrected chi connectivity index (χ2v) is 9.08. The first-order valence-corrected chi connectivity index (χ1v) is 11.7. The van der Waals surface area contributed by atoms with Crippen LogP contribution in [0.15, 0.2) is 78.2 Å². The van der Waals surface area contributed by atoms with Gasteiger partial charge in [0.2, 0.25) is 11.8 Å². The van der Waals surface area contributed by atoms with E-state index in [2.05, 4.69) is 5.32 Å². The normalized spacial score (nSPS) is 22.5. The van der Waals surface area contributed by atoms with Crippen molar-refractivity contribution >= 4 is 29.1 Å². The number of hydroxylamine groups is 2. The standard InChI is InChI=1S/C25H23N3O4S/c29-20(26-14-17-8-3-1-4-9-17)16-28-22(19-12-7-13-33-19)21-23(32-28)25(31)27(24(21)30)15-18-10-5-2-6-11-18/h1-13,21-23H,14-16H2,(H,26,29). The molecule has 2 aromatic carbocycles. The number of thiophene rings is 1.